The van der Waals surface area contributed by atoms with Crippen LogP contribution in [0.4, 0.5) is 19.0 Å². The van der Waals surface area contributed by atoms with Crippen LogP contribution in [0.2, 0.25) is 0 Å². The number of amidine groups is 1. The van der Waals surface area contributed by atoms with Crippen molar-refractivity contribution in [1.29, 1.82) is 5.41 Å². The van der Waals surface area contributed by atoms with Gasteiger partial charge in [-0.05, 0) is 55.7 Å². The van der Waals surface area contributed by atoms with Crippen molar-refractivity contribution in [3.63, 3.8) is 0 Å². The molecule has 1 aliphatic rings. The Hall–Kier alpha value is -3.47. The number of ether oxygens (including phenoxy) is 1. The molecule has 34 heavy (non-hydrogen) atoms. The number of carbonyl (C=O) groups is 1. The van der Waals surface area contributed by atoms with E-state index in [2.05, 4.69) is 9.98 Å². The SMILES string of the molecule is CC(C)Oc1cc(CN)c2c(c1)C(=O)N(c1cccc(C(N)=NC=N)n1)C2.CCCC(F)(F)F. The average Bonchev–Trinajstić information content (AvgIpc) is 3.09. The van der Waals surface area contributed by atoms with Crippen molar-refractivity contribution >= 4 is 23.9 Å². The highest BCUT2D eigenvalue weighted by Crippen LogP contribution is 2.33. The van der Waals surface area contributed by atoms with E-state index >= 15 is 0 Å². The lowest BCUT2D eigenvalue weighted by Gasteiger charge is -2.15. The van der Waals surface area contributed by atoms with E-state index in [9.17, 15) is 18.0 Å². The van der Waals surface area contributed by atoms with Gasteiger partial charge in [-0.1, -0.05) is 13.0 Å². The monoisotopic (exact) mass is 478 g/mol. The Kier molecular flexibility index (Phi) is 9.13. The van der Waals surface area contributed by atoms with Gasteiger partial charge in [0.25, 0.3) is 5.91 Å². The number of nitrogens with two attached hydrogens (primary N) is 2. The van der Waals surface area contributed by atoms with Gasteiger partial charge in [0.15, 0.2) is 5.84 Å². The first-order valence-corrected chi connectivity index (χ1v) is 10.7. The summed E-state index contributed by atoms with van der Waals surface area (Å²) in [4.78, 5) is 22.7. The van der Waals surface area contributed by atoms with Gasteiger partial charge in [-0.25, -0.2) is 9.98 Å². The third-order valence-electron chi connectivity index (χ3n) is 4.71. The molecule has 184 valence electrons. The number of carbonyl (C=O) groups excluding carboxylic acids is 1. The minimum absolute atomic E-state index is 0.00395. The standard InChI is InChI=1S/C19H22N6O2.C4H7F3/c1-11(2)27-13-6-12(8-20)15-9-25(19(26)14(15)7-13)17-5-3-4-16(24-17)18(22)23-10-21;1-2-3-4(5,6)7/h3-7,10-11H,8-9,20H2,1-2H3,(H3,21,22,23);2-3H2,1H3. The van der Waals surface area contributed by atoms with E-state index in [4.69, 9.17) is 21.6 Å². The molecule has 1 aliphatic heterocycles. The summed E-state index contributed by atoms with van der Waals surface area (Å²) >= 11 is 0. The Labute approximate surface area is 196 Å². The van der Waals surface area contributed by atoms with E-state index in [1.165, 1.54) is 6.92 Å². The Bertz CT molecular complexity index is 1050. The third-order valence-corrected chi connectivity index (χ3v) is 4.71. The van der Waals surface area contributed by atoms with Crippen molar-refractivity contribution in [1.82, 2.24) is 4.98 Å². The fraction of sp³-hybridized carbons (Fsp3) is 0.391. The summed E-state index contributed by atoms with van der Waals surface area (Å²) in [5.41, 5.74) is 14.4. The number of halogens is 3. The maximum Gasteiger partial charge on any atom is 0.389 e. The number of nitrogens with zero attached hydrogens (tertiary/aromatic N) is 3. The van der Waals surface area contributed by atoms with Crippen molar-refractivity contribution in [3.05, 3.63) is 52.7 Å². The molecule has 0 bridgehead atoms. The Morgan fingerprint density at radius 2 is 2.06 bits per heavy atom. The molecule has 5 N–H and O–H groups in total. The smallest absolute Gasteiger partial charge is 0.389 e. The van der Waals surface area contributed by atoms with Crippen molar-refractivity contribution in [3.8, 4) is 5.75 Å². The number of fused-ring (bicyclic) bond motifs is 1. The molecule has 0 unspecified atom stereocenters. The quantitative estimate of drug-likeness (QED) is 0.406. The van der Waals surface area contributed by atoms with Gasteiger partial charge in [-0.15, -0.1) is 0 Å². The summed E-state index contributed by atoms with van der Waals surface area (Å²) in [7, 11) is 0. The molecule has 0 saturated carbocycles. The summed E-state index contributed by atoms with van der Waals surface area (Å²) in [6.07, 6.45) is -3.58. The molecule has 3 rings (SSSR count). The maximum atomic E-state index is 13.0. The molecule has 0 aliphatic carbocycles. The van der Waals surface area contributed by atoms with Crippen LogP contribution >= 0.6 is 0 Å². The molecule has 2 heterocycles. The van der Waals surface area contributed by atoms with Crippen LogP contribution in [-0.4, -0.2) is 35.3 Å². The lowest BCUT2D eigenvalue weighted by atomic mass is 10.0. The van der Waals surface area contributed by atoms with Crippen molar-refractivity contribution in [2.45, 2.75) is 59.0 Å². The van der Waals surface area contributed by atoms with E-state index in [1.807, 2.05) is 19.9 Å². The lowest BCUT2D eigenvalue weighted by molar-refractivity contribution is -0.134. The van der Waals surface area contributed by atoms with Crippen molar-refractivity contribution < 1.29 is 22.7 Å². The van der Waals surface area contributed by atoms with E-state index in [0.717, 1.165) is 17.5 Å². The predicted octanol–water partition coefficient (Wildman–Crippen LogP) is 4.15. The number of hydrogen-bond donors (Lipinski definition) is 3. The summed E-state index contributed by atoms with van der Waals surface area (Å²) < 4.78 is 38.9. The highest BCUT2D eigenvalue weighted by Gasteiger charge is 2.32. The first-order valence-electron chi connectivity index (χ1n) is 10.7. The highest BCUT2D eigenvalue weighted by molar-refractivity contribution is 6.10. The molecule has 1 aromatic heterocycles. The number of alkyl halides is 3. The molecular formula is C23H29F3N6O2. The second kappa shape index (κ2) is 11.6. The minimum Gasteiger partial charge on any atom is -0.491 e. The number of anilines is 1. The number of pyridine rings is 1. The largest absolute Gasteiger partial charge is 0.491 e. The van der Waals surface area contributed by atoms with Gasteiger partial charge in [0, 0.05) is 18.5 Å². The fourth-order valence-electron chi connectivity index (χ4n) is 3.30. The van der Waals surface area contributed by atoms with Gasteiger partial charge in [-0.3, -0.25) is 15.1 Å². The maximum absolute atomic E-state index is 13.0. The van der Waals surface area contributed by atoms with Gasteiger partial charge in [-0.2, -0.15) is 13.2 Å². The van der Waals surface area contributed by atoms with Gasteiger partial charge in [0.05, 0.1) is 12.6 Å². The van der Waals surface area contributed by atoms with Gasteiger partial charge >= 0.3 is 6.18 Å². The minimum atomic E-state index is -3.95. The second-order valence-electron chi connectivity index (χ2n) is 7.76. The van der Waals surface area contributed by atoms with Crippen LogP contribution in [0, 0.1) is 5.41 Å². The molecule has 1 amide bonds. The van der Waals surface area contributed by atoms with Gasteiger partial charge in [0.2, 0.25) is 0 Å². The third kappa shape index (κ3) is 7.01. The molecule has 0 spiro atoms. The molecule has 0 saturated heterocycles. The van der Waals surface area contributed by atoms with E-state index in [-0.39, 0.29) is 24.3 Å². The second-order valence-corrected chi connectivity index (χ2v) is 7.76. The normalized spacial score (nSPS) is 13.5. The molecule has 0 radical (unpaired) electrons. The van der Waals surface area contributed by atoms with Crippen LogP contribution in [0.5, 0.6) is 5.75 Å². The zero-order valence-corrected chi connectivity index (χ0v) is 19.3. The zero-order chi connectivity index (χ0) is 25.5. The van der Waals surface area contributed by atoms with Crippen LogP contribution in [-0.2, 0) is 13.1 Å². The Morgan fingerprint density at radius 1 is 1.35 bits per heavy atom. The van der Waals surface area contributed by atoms with Crippen LogP contribution in [0.1, 0.15) is 60.8 Å². The first-order chi connectivity index (χ1) is 16.0. The number of benzene rings is 1. The molecule has 1 aromatic carbocycles. The zero-order valence-electron chi connectivity index (χ0n) is 19.3. The van der Waals surface area contributed by atoms with Crippen LogP contribution in [0.15, 0.2) is 35.3 Å². The number of rotatable bonds is 7. The van der Waals surface area contributed by atoms with E-state index < -0.39 is 12.6 Å². The number of aliphatic imine (C=N–C) groups is 1. The molecule has 0 fully saturated rings. The fourth-order valence-corrected chi connectivity index (χ4v) is 3.30. The van der Waals surface area contributed by atoms with E-state index in [0.29, 0.717) is 35.9 Å². The molecule has 11 heteroatoms. The number of hydrogen-bond acceptors (Lipinski definition) is 5. The number of aromatic nitrogens is 1. The molecule has 8 nitrogen and oxygen atoms in total. The summed E-state index contributed by atoms with van der Waals surface area (Å²) in [5, 5.41) is 7.03. The van der Waals surface area contributed by atoms with Gasteiger partial charge < -0.3 is 16.2 Å². The van der Waals surface area contributed by atoms with Crippen molar-refractivity contribution in [2.24, 2.45) is 16.5 Å². The average molecular weight is 479 g/mol. The van der Waals surface area contributed by atoms with Gasteiger partial charge in [0.1, 0.15) is 23.6 Å². The summed E-state index contributed by atoms with van der Waals surface area (Å²) in [6.45, 7) is 6.05. The van der Waals surface area contributed by atoms with Crippen LogP contribution in [0.3, 0.4) is 0 Å². The van der Waals surface area contributed by atoms with Crippen LogP contribution < -0.4 is 21.1 Å². The Balaban J connectivity index is 0.000000509. The molecular weight excluding hydrogens is 449 g/mol. The topological polar surface area (TPSA) is 131 Å². The van der Waals surface area contributed by atoms with Crippen LogP contribution in [0.25, 0.3) is 0 Å². The Morgan fingerprint density at radius 3 is 2.59 bits per heavy atom. The van der Waals surface area contributed by atoms with Crippen molar-refractivity contribution in [2.75, 3.05) is 4.90 Å². The lowest BCUT2D eigenvalue weighted by Crippen LogP contribution is -2.25. The first kappa shape index (κ1) is 26.8. The van der Waals surface area contributed by atoms with E-state index in [1.54, 1.807) is 29.2 Å². The summed E-state index contributed by atoms with van der Waals surface area (Å²) in [5.74, 6) is 1.04. The highest BCUT2D eigenvalue weighted by atomic mass is 19.4. The number of amides is 1. The molecule has 2 aromatic rings. The summed E-state index contributed by atoms with van der Waals surface area (Å²) in [6, 6.07) is 8.80. The number of nitrogens with one attached hydrogen (secondary N) is 1. The molecule has 0 atom stereocenters. The predicted molar refractivity (Wildman–Crippen MR) is 125 cm³/mol.